The van der Waals surface area contributed by atoms with Gasteiger partial charge in [0.2, 0.25) is 0 Å². The Hall–Kier alpha value is -3.54. The molecule has 0 atom stereocenters. The van der Waals surface area contributed by atoms with Crippen LogP contribution < -0.4 is 14.9 Å². The van der Waals surface area contributed by atoms with Crippen molar-refractivity contribution in [2.24, 2.45) is 5.10 Å². The van der Waals surface area contributed by atoms with E-state index in [2.05, 4.69) is 15.5 Å². The largest absolute Gasteiger partial charge is 0.489 e. The third kappa shape index (κ3) is 5.74. The van der Waals surface area contributed by atoms with E-state index in [4.69, 9.17) is 9.47 Å². The fraction of sp³-hybridized carbons (Fsp3) is 0.182. The van der Waals surface area contributed by atoms with Gasteiger partial charge in [0.25, 0.3) is 5.91 Å². The minimum Gasteiger partial charge on any atom is -0.489 e. The lowest BCUT2D eigenvalue weighted by atomic mass is 10.2. The highest BCUT2D eigenvalue weighted by Gasteiger charge is 2.03. The van der Waals surface area contributed by atoms with E-state index < -0.39 is 0 Å². The Morgan fingerprint density at radius 2 is 1.71 bits per heavy atom. The topological polar surface area (TPSA) is 75.7 Å². The smallest absolute Gasteiger partial charge is 0.277 e. The highest BCUT2D eigenvalue weighted by Crippen LogP contribution is 2.18. The van der Waals surface area contributed by atoms with E-state index in [1.807, 2.05) is 62.4 Å². The number of carbonyl (C=O) groups is 1. The predicted octanol–water partition coefficient (Wildman–Crippen LogP) is 3.74. The number of aromatic nitrogens is 1. The normalized spacial score (nSPS) is 10.8. The average Bonchev–Trinajstić information content (AvgIpc) is 3.03. The van der Waals surface area contributed by atoms with Gasteiger partial charge in [-0.1, -0.05) is 30.3 Å². The Morgan fingerprint density at radius 1 is 1.04 bits per heavy atom. The van der Waals surface area contributed by atoms with Crippen LogP contribution in [0.5, 0.6) is 11.5 Å². The second kappa shape index (κ2) is 9.41. The van der Waals surface area contributed by atoms with Crippen molar-refractivity contribution >= 4 is 12.1 Å². The summed E-state index contributed by atoms with van der Waals surface area (Å²) in [6.07, 6.45) is 1.61. The number of rotatable bonds is 8. The molecule has 0 aliphatic heterocycles. The van der Waals surface area contributed by atoms with Crippen LogP contribution >= 0.6 is 0 Å². The molecule has 0 saturated carbocycles. The number of aromatic amines is 1. The fourth-order valence-electron chi connectivity index (χ4n) is 2.61. The minimum atomic E-state index is -0.328. The summed E-state index contributed by atoms with van der Waals surface area (Å²) in [5.74, 6) is 0.997. The molecule has 2 N–H and O–H groups in total. The van der Waals surface area contributed by atoms with E-state index in [0.717, 1.165) is 28.3 Å². The maximum Gasteiger partial charge on any atom is 0.277 e. The number of hydrazone groups is 1. The van der Waals surface area contributed by atoms with E-state index in [0.29, 0.717) is 12.4 Å². The summed E-state index contributed by atoms with van der Waals surface area (Å²) in [4.78, 5) is 15.0. The number of nitrogens with zero attached hydrogens (tertiary/aromatic N) is 1. The number of benzene rings is 2. The Kier molecular flexibility index (Phi) is 6.46. The first kappa shape index (κ1) is 19.2. The molecule has 0 aliphatic carbocycles. The first-order valence-electron chi connectivity index (χ1n) is 8.98. The monoisotopic (exact) mass is 377 g/mol. The van der Waals surface area contributed by atoms with Crippen LogP contribution in [0, 0.1) is 13.8 Å². The van der Waals surface area contributed by atoms with Crippen molar-refractivity contribution in [3.63, 3.8) is 0 Å². The first-order chi connectivity index (χ1) is 13.6. The number of nitrogens with one attached hydrogen (secondary N) is 2. The van der Waals surface area contributed by atoms with Gasteiger partial charge in [0.15, 0.2) is 6.61 Å². The molecule has 1 aromatic heterocycles. The van der Waals surface area contributed by atoms with E-state index in [1.54, 1.807) is 18.3 Å². The molecule has 0 bridgehead atoms. The highest BCUT2D eigenvalue weighted by atomic mass is 16.5. The second-order valence-electron chi connectivity index (χ2n) is 6.36. The van der Waals surface area contributed by atoms with Gasteiger partial charge in [-0.25, -0.2) is 5.43 Å². The number of ether oxygens (including phenoxy) is 2. The molecule has 3 rings (SSSR count). The molecule has 144 valence electrons. The predicted molar refractivity (Wildman–Crippen MR) is 109 cm³/mol. The lowest BCUT2D eigenvalue weighted by Gasteiger charge is -2.08. The van der Waals surface area contributed by atoms with E-state index >= 15 is 0 Å². The van der Waals surface area contributed by atoms with Gasteiger partial charge < -0.3 is 14.5 Å². The zero-order valence-electron chi connectivity index (χ0n) is 15.9. The lowest BCUT2D eigenvalue weighted by Crippen LogP contribution is -2.24. The summed E-state index contributed by atoms with van der Waals surface area (Å²) in [6, 6.07) is 19.1. The molecule has 0 aliphatic rings. The summed E-state index contributed by atoms with van der Waals surface area (Å²) in [5.41, 5.74) is 6.54. The molecule has 0 unspecified atom stereocenters. The molecule has 3 aromatic rings. The lowest BCUT2D eigenvalue weighted by molar-refractivity contribution is -0.123. The SMILES string of the molecule is Cc1cc(/C=N/NC(=O)COc2ccc(OCc3ccccc3)cc2)c(C)[nH]1. The molecule has 6 heteroatoms. The molecular weight excluding hydrogens is 354 g/mol. The second-order valence-corrected chi connectivity index (χ2v) is 6.36. The van der Waals surface area contributed by atoms with Crippen LogP contribution in [0.2, 0.25) is 0 Å². The van der Waals surface area contributed by atoms with Crippen molar-refractivity contribution in [3.05, 3.63) is 83.2 Å². The van der Waals surface area contributed by atoms with Crippen molar-refractivity contribution in [3.8, 4) is 11.5 Å². The van der Waals surface area contributed by atoms with Crippen LogP contribution in [-0.4, -0.2) is 23.7 Å². The van der Waals surface area contributed by atoms with Crippen LogP contribution in [0.25, 0.3) is 0 Å². The average molecular weight is 377 g/mol. The van der Waals surface area contributed by atoms with E-state index in [-0.39, 0.29) is 12.5 Å². The number of hydrogen-bond acceptors (Lipinski definition) is 4. The Morgan fingerprint density at radius 3 is 2.36 bits per heavy atom. The third-order valence-corrected chi connectivity index (χ3v) is 4.02. The zero-order valence-corrected chi connectivity index (χ0v) is 15.9. The van der Waals surface area contributed by atoms with Crippen LogP contribution in [-0.2, 0) is 11.4 Å². The number of aryl methyl sites for hydroxylation is 2. The molecule has 0 radical (unpaired) electrons. The zero-order chi connectivity index (χ0) is 19.8. The molecule has 28 heavy (non-hydrogen) atoms. The summed E-state index contributed by atoms with van der Waals surface area (Å²) in [7, 11) is 0. The third-order valence-electron chi connectivity index (χ3n) is 4.02. The van der Waals surface area contributed by atoms with E-state index in [9.17, 15) is 4.79 Å². The van der Waals surface area contributed by atoms with Gasteiger partial charge in [-0.15, -0.1) is 0 Å². The molecule has 1 amide bonds. The number of carbonyl (C=O) groups excluding carboxylic acids is 1. The minimum absolute atomic E-state index is 0.118. The molecule has 0 saturated heterocycles. The maximum atomic E-state index is 11.8. The maximum absolute atomic E-state index is 11.8. The molecular formula is C22H23N3O3. The Balaban J connectivity index is 1.41. The van der Waals surface area contributed by atoms with Crippen LogP contribution in [0.3, 0.4) is 0 Å². The molecule has 6 nitrogen and oxygen atoms in total. The van der Waals surface area contributed by atoms with Crippen LogP contribution in [0.4, 0.5) is 0 Å². The van der Waals surface area contributed by atoms with Gasteiger partial charge in [0.1, 0.15) is 18.1 Å². The Labute approximate surface area is 164 Å². The first-order valence-corrected chi connectivity index (χ1v) is 8.98. The number of H-pyrrole nitrogens is 1. The van der Waals surface area contributed by atoms with Crippen molar-refractivity contribution in [2.75, 3.05) is 6.61 Å². The fourth-order valence-corrected chi connectivity index (χ4v) is 2.61. The molecule has 2 aromatic carbocycles. The van der Waals surface area contributed by atoms with E-state index in [1.165, 1.54) is 0 Å². The van der Waals surface area contributed by atoms with Crippen molar-refractivity contribution in [2.45, 2.75) is 20.5 Å². The highest BCUT2D eigenvalue weighted by molar-refractivity contribution is 5.84. The summed E-state index contributed by atoms with van der Waals surface area (Å²) in [6.45, 7) is 4.30. The van der Waals surface area contributed by atoms with Gasteiger partial charge in [-0.2, -0.15) is 5.10 Å². The van der Waals surface area contributed by atoms with Crippen LogP contribution in [0.15, 0.2) is 65.8 Å². The van der Waals surface area contributed by atoms with Gasteiger partial charge in [-0.05, 0) is 49.7 Å². The number of amides is 1. The molecule has 1 heterocycles. The summed E-state index contributed by atoms with van der Waals surface area (Å²) in [5, 5.41) is 3.95. The molecule has 0 spiro atoms. The van der Waals surface area contributed by atoms with Crippen molar-refractivity contribution in [1.29, 1.82) is 0 Å². The van der Waals surface area contributed by atoms with Crippen molar-refractivity contribution < 1.29 is 14.3 Å². The Bertz CT molecular complexity index is 931. The van der Waals surface area contributed by atoms with Crippen LogP contribution in [0.1, 0.15) is 22.5 Å². The number of hydrogen-bond donors (Lipinski definition) is 2. The quantitative estimate of drug-likeness (QED) is 0.464. The summed E-state index contributed by atoms with van der Waals surface area (Å²) >= 11 is 0. The van der Waals surface area contributed by atoms with Gasteiger partial charge in [0.05, 0.1) is 6.21 Å². The van der Waals surface area contributed by atoms with Gasteiger partial charge in [-0.3, -0.25) is 4.79 Å². The molecule has 0 fully saturated rings. The summed E-state index contributed by atoms with van der Waals surface area (Å²) < 4.78 is 11.2. The van der Waals surface area contributed by atoms with Gasteiger partial charge in [0, 0.05) is 17.0 Å². The van der Waals surface area contributed by atoms with Gasteiger partial charge >= 0.3 is 0 Å². The standard InChI is InChI=1S/C22H23N3O3/c1-16-12-19(17(2)24-16)13-23-25-22(26)15-28-21-10-8-20(9-11-21)27-14-18-6-4-3-5-7-18/h3-13,24H,14-15H2,1-2H3,(H,25,26)/b23-13+. The van der Waals surface area contributed by atoms with Crippen molar-refractivity contribution in [1.82, 2.24) is 10.4 Å².